The topological polar surface area (TPSA) is 24.5 Å². The maximum absolute atomic E-state index is 5.77. The lowest BCUT2D eigenvalue weighted by Gasteiger charge is -2.31. The molecule has 0 saturated carbocycles. The molecule has 3 atom stereocenters. The Hall–Kier alpha value is -0.900. The van der Waals surface area contributed by atoms with Crippen LogP contribution in [0.25, 0.3) is 0 Å². The third-order valence-electron chi connectivity index (χ3n) is 4.60. The smallest absolute Gasteiger partial charge is 0.0702 e. The van der Waals surface area contributed by atoms with Crippen LogP contribution < -0.4 is 5.32 Å². The first-order valence-electron chi connectivity index (χ1n) is 7.36. The van der Waals surface area contributed by atoms with Crippen LogP contribution in [0.2, 0.25) is 0 Å². The standard InChI is InChI=1S/C16H24N2O/c1-17-16-14-8-4-3-6-12(14)10-15(16)18(2)11-13-7-5-9-19-13/h3-4,6,8,13,15-17H,5,7,9-11H2,1-2H3. The zero-order chi connectivity index (χ0) is 13.2. The Balaban J connectivity index is 1.71. The predicted molar refractivity (Wildman–Crippen MR) is 77.3 cm³/mol. The van der Waals surface area contributed by atoms with Crippen LogP contribution in [0.5, 0.6) is 0 Å². The van der Waals surface area contributed by atoms with Crippen molar-refractivity contribution in [2.24, 2.45) is 0 Å². The molecular weight excluding hydrogens is 236 g/mol. The van der Waals surface area contributed by atoms with Gasteiger partial charge in [0, 0.05) is 25.2 Å². The van der Waals surface area contributed by atoms with Crippen molar-refractivity contribution in [2.75, 3.05) is 27.2 Å². The molecule has 19 heavy (non-hydrogen) atoms. The van der Waals surface area contributed by atoms with Gasteiger partial charge in [-0.25, -0.2) is 0 Å². The first-order chi connectivity index (χ1) is 9.29. The maximum Gasteiger partial charge on any atom is 0.0702 e. The number of ether oxygens (including phenoxy) is 1. The minimum absolute atomic E-state index is 0.436. The van der Waals surface area contributed by atoms with E-state index in [1.165, 1.54) is 24.0 Å². The first kappa shape index (κ1) is 13.1. The van der Waals surface area contributed by atoms with E-state index in [1.54, 1.807) is 0 Å². The third-order valence-corrected chi connectivity index (χ3v) is 4.60. The van der Waals surface area contributed by atoms with Crippen LogP contribution in [-0.4, -0.2) is 44.3 Å². The summed E-state index contributed by atoms with van der Waals surface area (Å²) in [6, 6.07) is 9.81. The molecule has 3 rings (SSSR count). The van der Waals surface area contributed by atoms with E-state index in [-0.39, 0.29) is 0 Å². The molecule has 3 heteroatoms. The molecule has 0 bridgehead atoms. The van der Waals surface area contributed by atoms with E-state index in [4.69, 9.17) is 4.74 Å². The molecule has 1 N–H and O–H groups in total. The highest BCUT2D eigenvalue weighted by Crippen LogP contribution is 2.34. The molecule has 3 unspecified atom stereocenters. The third kappa shape index (κ3) is 2.55. The van der Waals surface area contributed by atoms with E-state index in [2.05, 4.69) is 48.6 Å². The number of likely N-dealkylation sites (N-methyl/N-ethyl adjacent to an activating group) is 2. The number of benzene rings is 1. The van der Waals surface area contributed by atoms with Crippen molar-refractivity contribution in [3.05, 3.63) is 35.4 Å². The van der Waals surface area contributed by atoms with Gasteiger partial charge in [0.15, 0.2) is 0 Å². The van der Waals surface area contributed by atoms with Crippen LogP contribution >= 0.6 is 0 Å². The van der Waals surface area contributed by atoms with Gasteiger partial charge < -0.3 is 10.1 Å². The van der Waals surface area contributed by atoms with Gasteiger partial charge in [0.05, 0.1) is 6.10 Å². The van der Waals surface area contributed by atoms with Gasteiger partial charge in [-0.1, -0.05) is 24.3 Å². The quantitative estimate of drug-likeness (QED) is 0.896. The number of rotatable bonds is 4. The molecular formula is C16H24N2O. The summed E-state index contributed by atoms with van der Waals surface area (Å²) < 4.78 is 5.77. The van der Waals surface area contributed by atoms with Gasteiger partial charge in [-0.2, -0.15) is 0 Å². The highest BCUT2D eigenvalue weighted by molar-refractivity contribution is 5.37. The van der Waals surface area contributed by atoms with Crippen LogP contribution in [0.1, 0.15) is 30.0 Å². The van der Waals surface area contributed by atoms with Gasteiger partial charge in [0.25, 0.3) is 0 Å². The van der Waals surface area contributed by atoms with E-state index in [1.807, 2.05) is 0 Å². The number of nitrogens with zero attached hydrogens (tertiary/aromatic N) is 1. The number of fused-ring (bicyclic) bond motifs is 1. The monoisotopic (exact) mass is 260 g/mol. The Bertz CT molecular complexity index is 429. The SMILES string of the molecule is CNC1c2ccccc2CC1N(C)CC1CCCO1. The van der Waals surface area contributed by atoms with Gasteiger partial charge in [-0.3, -0.25) is 4.90 Å². The van der Waals surface area contributed by atoms with Crippen molar-refractivity contribution in [2.45, 2.75) is 37.5 Å². The van der Waals surface area contributed by atoms with Crippen molar-refractivity contribution in [1.29, 1.82) is 0 Å². The van der Waals surface area contributed by atoms with Crippen molar-refractivity contribution >= 4 is 0 Å². The number of nitrogens with one attached hydrogen (secondary N) is 1. The molecule has 1 heterocycles. The molecule has 0 amide bonds. The van der Waals surface area contributed by atoms with Crippen molar-refractivity contribution < 1.29 is 4.74 Å². The second-order valence-corrected chi connectivity index (χ2v) is 5.81. The fraction of sp³-hybridized carbons (Fsp3) is 0.625. The molecule has 0 radical (unpaired) electrons. The summed E-state index contributed by atoms with van der Waals surface area (Å²) in [5, 5.41) is 3.49. The highest BCUT2D eigenvalue weighted by atomic mass is 16.5. The average molecular weight is 260 g/mol. The molecule has 1 aliphatic heterocycles. The van der Waals surface area contributed by atoms with Gasteiger partial charge in [0.2, 0.25) is 0 Å². The van der Waals surface area contributed by atoms with Crippen LogP contribution in [0, 0.1) is 0 Å². The second kappa shape index (κ2) is 5.61. The van der Waals surface area contributed by atoms with Gasteiger partial charge in [-0.05, 0) is 44.5 Å². The lowest BCUT2D eigenvalue weighted by molar-refractivity contribution is 0.0634. The first-order valence-corrected chi connectivity index (χ1v) is 7.36. The highest BCUT2D eigenvalue weighted by Gasteiger charge is 2.34. The van der Waals surface area contributed by atoms with E-state index in [0.29, 0.717) is 18.2 Å². The molecule has 1 aromatic carbocycles. The van der Waals surface area contributed by atoms with Gasteiger partial charge in [0.1, 0.15) is 0 Å². The van der Waals surface area contributed by atoms with E-state index < -0.39 is 0 Å². The summed E-state index contributed by atoms with van der Waals surface area (Å²) in [4.78, 5) is 2.48. The molecule has 1 aliphatic carbocycles. The maximum atomic E-state index is 5.77. The summed E-state index contributed by atoms with van der Waals surface area (Å²) in [7, 11) is 4.31. The van der Waals surface area contributed by atoms with Crippen LogP contribution in [0.15, 0.2) is 24.3 Å². The van der Waals surface area contributed by atoms with Crippen molar-refractivity contribution in [3.63, 3.8) is 0 Å². The second-order valence-electron chi connectivity index (χ2n) is 5.81. The molecule has 2 aliphatic rings. The lowest BCUT2D eigenvalue weighted by atomic mass is 10.1. The summed E-state index contributed by atoms with van der Waals surface area (Å²) in [5.41, 5.74) is 2.96. The van der Waals surface area contributed by atoms with E-state index in [9.17, 15) is 0 Å². The zero-order valence-electron chi connectivity index (χ0n) is 11.9. The Kier molecular flexibility index (Phi) is 3.87. The molecule has 1 saturated heterocycles. The Labute approximate surface area is 115 Å². The van der Waals surface area contributed by atoms with Crippen LogP contribution in [0.3, 0.4) is 0 Å². The Morgan fingerprint density at radius 2 is 2.21 bits per heavy atom. The van der Waals surface area contributed by atoms with Gasteiger partial charge >= 0.3 is 0 Å². The van der Waals surface area contributed by atoms with Gasteiger partial charge in [-0.15, -0.1) is 0 Å². The van der Waals surface area contributed by atoms with Crippen LogP contribution in [0.4, 0.5) is 0 Å². The van der Waals surface area contributed by atoms with Crippen molar-refractivity contribution in [1.82, 2.24) is 10.2 Å². The largest absolute Gasteiger partial charge is 0.377 e. The normalized spacial score (nSPS) is 29.9. The summed E-state index contributed by atoms with van der Waals surface area (Å²) in [6.45, 7) is 2.00. The number of hydrogen-bond donors (Lipinski definition) is 1. The predicted octanol–water partition coefficient (Wildman–Crippen LogP) is 1.98. The summed E-state index contributed by atoms with van der Waals surface area (Å²) >= 11 is 0. The minimum Gasteiger partial charge on any atom is -0.377 e. The van der Waals surface area contributed by atoms with Crippen LogP contribution in [-0.2, 0) is 11.2 Å². The fourth-order valence-electron chi connectivity index (χ4n) is 3.58. The minimum atomic E-state index is 0.436. The summed E-state index contributed by atoms with van der Waals surface area (Å²) in [5.74, 6) is 0. The lowest BCUT2D eigenvalue weighted by Crippen LogP contribution is -2.43. The molecule has 1 fully saturated rings. The van der Waals surface area contributed by atoms with E-state index >= 15 is 0 Å². The average Bonchev–Trinajstić information content (AvgIpc) is 3.04. The molecule has 0 spiro atoms. The van der Waals surface area contributed by atoms with E-state index in [0.717, 1.165) is 19.6 Å². The Morgan fingerprint density at radius 3 is 2.95 bits per heavy atom. The zero-order valence-corrected chi connectivity index (χ0v) is 11.9. The molecule has 0 aromatic heterocycles. The molecule has 1 aromatic rings. The molecule has 3 nitrogen and oxygen atoms in total. The number of hydrogen-bond acceptors (Lipinski definition) is 3. The molecule has 104 valence electrons. The summed E-state index contributed by atoms with van der Waals surface area (Å²) in [6.07, 6.45) is 4.02. The Morgan fingerprint density at radius 1 is 1.37 bits per heavy atom. The fourth-order valence-corrected chi connectivity index (χ4v) is 3.58. The van der Waals surface area contributed by atoms with Crippen molar-refractivity contribution in [3.8, 4) is 0 Å².